The van der Waals surface area contributed by atoms with Crippen molar-refractivity contribution in [2.75, 3.05) is 19.2 Å². The Balaban J connectivity index is 1.59. The van der Waals surface area contributed by atoms with Gasteiger partial charge in [0.1, 0.15) is 5.75 Å². The van der Waals surface area contributed by atoms with Crippen LogP contribution in [0.3, 0.4) is 0 Å². The Morgan fingerprint density at radius 3 is 2.52 bits per heavy atom. The van der Waals surface area contributed by atoms with Gasteiger partial charge in [-0.1, -0.05) is 0 Å². The zero-order valence-electron chi connectivity index (χ0n) is 13.1. The number of hydrogen-bond donors (Lipinski definition) is 3. The van der Waals surface area contributed by atoms with E-state index in [0.717, 1.165) is 0 Å². The van der Waals surface area contributed by atoms with Gasteiger partial charge in [-0.15, -0.1) is 4.83 Å². The summed E-state index contributed by atoms with van der Waals surface area (Å²) in [7, 11) is -2.43. The van der Waals surface area contributed by atoms with Crippen LogP contribution in [0.25, 0.3) is 0 Å². The summed E-state index contributed by atoms with van der Waals surface area (Å²) in [6.07, 6.45) is 0. The van der Waals surface area contributed by atoms with Gasteiger partial charge in [0.25, 0.3) is 10.0 Å². The van der Waals surface area contributed by atoms with Crippen LogP contribution in [-0.4, -0.2) is 28.4 Å². The molecule has 0 unspecified atom stereocenters. The molecule has 9 nitrogen and oxygen atoms in total. The molecule has 0 bridgehead atoms. The number of anilines is 1. The van der Waals surface area contributed by atoms with Crippen molar-refractivity contribution in [3.05, 3.63) is 42.5 Å². The number of carbonyl (C=O) groups is 1. The van der Waals surface area contributed by atoms with E-state index in [1.165, 1.54) is 31.4 Å². The third-order valence-corrected chi connectivity index (χ3v) is 4.56. The van der Waals surface area contributed by atoms with E-state index in [1.54, 1.807) is 18.2 Å². The van der Waals surface area contributed by atoms with Gasteiger partial charge < -0.3 is 19.5 Å². The molecule has 0 aliphatic carbocycles. The van der Waals surface area contributed by atoms with Crippen LogP contribution in [-0.2, 0) is 10.0 Å². The summed E-state index contributed by atoms with van der Waals surface area (Å²) >= 11 is 0. The quantitative estimate of drug-likeness (QED) is 0.691. The first-order valence-electron chi connectivity index (χ1n) is 7.10. The van der Waals surface area contributed by atoms with Crippen molar-refractivity contribution in [3.8, 4) is 17.2 Å². The van der Waals surface area contributed by atoms with Crippen LogP contribution in [0, 0.1) is 0 Å². The van der Waals surface area contributed by atoms with Gasteiger partial charge in [0.2, 0.25) is 6.79 Å². The fraction of sp³-hybridized carbons (Fsp3) is 0.133. The SMILES string of the molecule is COc1ccc(S(=O)(=O)NNC(=O)Nc2ccc3c(c2)OCO3)cc1. The zero-order valence-corrected chi connectivity index (χ0v) is 13.9. The summed E-state index contributed by atoms with van der Waals surface area (Å²) in [4.78, 5) is 13.8. The van der Waals surface area contributed by atoms with Gasteiger partial charge in [0.15, 0.2) is 11.5 Å². The maximum Gasteiger partial charge on any atom is 0.334 e. The normalized spacial score (nSPS) is 12.5. The molecular weight excluding hydrogens is 350 g/mol. The lowest BCUT2D eigenvalue weighted by Gasteiger charge is -2.10. The third-order valence-electron chi connectivity index (χ3n) is 3.30. The molecule has 0 saturated heterocycles. The first kappa shape index (κ1) is 16.9. The summed E-state index contributed by atoms with van der Waals surface area (Å²) in [5.41, 5.74) is 2.50. The van der Waals surface area contributed by atoms with Gasteiger partial charge in [-0.05, 0) is 36.4 Å². The second kappa shape index (κ2) is 6.87. The number of hydrogen-bond acceptors (Lipinski definition) is 6. The van der Waals surface area contributed by atoms with Crippen LogP contribution < -0.4 is 29.8 Å². The summed E-state index contributed by atoms with van der Waals surface area (Å²) < 4.78 is 39.5. The molecule has 2 aromatic rings. The second-order valence-electron chi connectivity index (χ2n) is 4.93. The summed E-state index contributed by atoms with van der Waals surface area (Å²) in [5, 5.41) is 2.48. The van der Waals surface area contributed by atoms with Crippen LogP contribution in [0.4, 0.5) is 10.5 Å². The molecule has 0 saturated carbocycles. The van der Waals surface area contributed by atoms with Crippen molar-refractivity contribution in [2.45, 2.75) is 4.90 Å². The van der Waals surface area contributed by atoms with Crippen LogP contribution in [0.15, 0.2) is 47.4 Å². The number of sulfonamides is 1. The molecule has 3 N–H and O–H groups in total. The van der Waals surface area contributed by atoms with Crippen LogP contribution in [0.2, 0.25) is 0 Å². The van der Waals surface area contributed by atoms with Crippen molar-refractivity contribution < 1.29 is 27.4 Å². The lowest BCUT2D eigenvalue weighted by molar-refractivity contribution is 0.174. The number of amides is 2. The fourth-order valence-electron chi connectivity index (χ4n) is 2.06. The van der Waals surface area contributed by atoms with Crippen molar-refractivity contribution in [1.82, 2.24) is 10.3 Å². The number of nitrogens with one attached hydrogen (secondary N) is 3. The number of methoxy groups -OCH3 is 1. The van der Waals surface area contributed by atoms with Crippen molar-refractivity contribution in [3.63, 3.8) is 0 Å². The Kier molecular flexibility index (Phi) is 4.63. The molecule has 0 spiro atoms. The van der Waals surface area contributed by atoms with Gasteiger partial charge in [-0.25, -0.2) is 13.2 Å². The maximum absolute atomic E-state index is 12.1. The van der Waals surface area contributed by atoms with Crippen molar-refractivity contribution in [2.24, 2.45) is 0 Å². The number of rotatable bonds is 5. The molecule has 1 aliphatic rings. The Bertz CT molecular complexity index is 883. The van der Waals surface area contributed by atoms with Gasteiger partial charge >= 0.3 is 6.03 Å². The minimum absolute atomic E-state index is 0.0170. The van der Waals surface area contributed by atoms with Crippen LogP contribution in [0.1, 0.15) is 0 Å². The Labute approximate surface area is 143 Å². The minimum Gasteiger partial charge on any atom is -0.497 e. The third kappa shape index (κ3) is 3.92. The minimum atomic E-state index is -3.90. The van der Waals surface area contributed by atoms with Gasteiger partial charge in [-0.2, -0.15) is 0 Å². The van der Waals surface area contributed by atoms with E-state index < -0.39 is 16.1 Å². The van der Waals surface area contributed by atoms with E-state index in [-0.39, 0.29) is 11.7 Å². The average molecular weight is 365 g/mol. The predicted octanol–water partition coefficient (Wildman–Crippen LogP) is 1.44. The molecule has 2 amide bonds. The number of hydrazine groups is 1. The molecule has 2 aromatic carbocycles. The van der Waals surface area contributed by atoms with E-state index in [4.69, 9.17) is 14.2 Å². The topological polar surface area (TPSA) is 115 Å². The summed E-state index contributed by atoms with van der Waals surface area (Å²) in [5.74, 6) is 1.59. The number of benzene rings is 2. The first-order valence-corrected chi connectivity index (χ1v) is 8.59. The Hall–Kier alpha value is -2.98. The highest BCUT2D eigenvalue weighted by Crippen LogP contribution is 2.34. The average Bonchev–Trinajstić information content (AvgIpc) is 3.08. The summed E-state index contributed by atoms with van der Waals surface area (Å²) in [6, 6.07) is 9.78. The number of fused-ring (bicyclic) bond motifs is 1. The highest BCUT2D eigenvalue weighted by molar-refractivity contribution is 7.89. The van der Waals surface area contributed by atoms with Crippen LogP contribution >= 0.6 is 0 Å². The number of carbonyl (C=O) groups excluding carboxylic acids is 1. The van der Waals surface area contributed by atoms with Crippen LogP contribution in [0.5, 0.6) is 17.2 Å². The monoisotopic (exact) mass is 365 g/mol. The molecular formula is C15H15N3O6S. The molecule has 1 aliphatic heterocycles. The van der Waals surface area contributed by atoms with E-state index in [9.17, 15) is 13.2 Å². The Morgan fingerprint density at radius 1 is 1.08 bits per heavy atom. The zero-order chi connectivity index (χ0) is 17.9. The molecule has 0 fully saturated rings. The fourth-order valence-corrected chi connectivity index (χ4v) is 2.90. The number of urea groups is 1. The van der Waals surface area contributed by atoms with E-state index >= 15 is 0 Å². The van der Waals surface area contributed by atoms with Gasteiger partial charge in [0, 0.05) is 11.8 Å². The lowest BCUT2D eigenvalue weighted by atomic mass is 10.3. The molecule has 25 heavy (non-hydrogen) atoms. The lowest BCUT2D eigenvalue weighted by Crippen LogP contribution is -2.43. The Morgan fingerprint density at radius 2 is 1.80 bits per heavy atom. The molecule has 132 valence electrons. The van der Waals surface area contributed by atoms with E-state index in [1.807, 2.05) is 4.83 Å². The predicted molar refractivity (Wildman–Crippen MR) is 88.0 cm³/mol. The largest absolute Gasteiger partial charge is 0.497 e. The second-order valence-corrected chi connectivity index (χ2v) is 6.61. The smallest absolute Gasteiger partial charge is 0.334 e. The molecule has 0 aromatic heterocycles. The van der Waals surface area contributed by atoms with E-state index in [2.05, 4.69) is 10.7 Å². The highest BCUT2D eigenvalue weighted by atomic mass is 32.2. The molecule has 10 heteroatoms. The van der Waals surface area contributed by atoms with Gasteiger partial charge in [-0.3, -0.25) is 5.43 Å². The van der Waals surface area contributed by atoms with Gasteiger partial charge in [0.05, 0.1) is 12.0 Å². The van der Waals surface area contributed by atoms with Crippen molar-refractivity contribution >= 4 is 21.7 Å². The molecule has 0 radical (unpaired) electrons. The van der Waals surface area contributed by atoms with E-state index in [0.29, 0.717) is 22.9 Å². The molecule has 1 heterocycles. The summed E-state index contributed by atoms with van der Waals surface area (Å²) in [6.45, 7) is 0.118. The maximum atomic E-state index is 12.1. The molecule has 0 atom stereocenters. The standard InChI is InChI=1S/C15H15N3O6S/c1-22-11-3-5-12(6-4-11)25(20,21)18-17-15(19)16-10-2-7-13-14(8-10)24-9-23-13/h2-8,18H,9H2,1H3,(H2,16,17,19). The highest BCUT2D eigenvalue weighted by Gasteiger charge is 2.17. The first-order chi connectivity index (χ1) is 12.0. The number of ether oxygens (including phenoxy) is 3. The van der Waals surface area contributed by atoms with Crippen molar-refractivity contribution in [1.29, 1.82) is 0 Å². The molecule has 3 rings (SSSR count).